The molecule has 2 saturated heterocycles. The van der Waals surface area contributed by atoms with Gasteiger partial charge in [-0.2, -0.15) is 0 Å². The molecule has 2 atom stereocenters. The van der Waals surface area contributed by atoms with Crippen molar-refractivity contribution >= 4 is 5.91 Å². The number of nitrogens with one attached hydrogen (secondary N) is 1. The van der Waals surface area contributed by atoms with Crippen molar-refractivity contribution in [3.05, 3.63) is 17.3 Å². The second-order valence-electron chi connectivity index (χ2n) is 9.06. The van der Waals surface area contributed by atoms with Gasteiger partial charge in [-0.15, -0.1) is 0 Å². The predicted molar refractivity (Wildman–Crippen MR) is 104 cm³/mol. The molecule has 4 rings (SSSR count). The number of piperidine rings is 1. The predicted octanol–water partition coefficient (Wildman–Crippen LogP) is 2.06. The van der Waals surface area contributed by atoms with E-state index in [-0.39, 0.29) is 11.7 Å². The first kappa shape index (κ1) is 19.9. The van der Waals surface area contributed by atoms with Gasteiger partial charge in [0.1, 0.15) is 6.10 Å². The average Bonchev–Trinajstić information content (AvgIpc) is 3.40. The zero-order chi connectivity index (χ0) is 19.9. The van der Waals surface area contributed by atoms with Gasteiger partial charge in [-0.05, 0) is 51.9 Å². The number of hydrogen-bond acceptors (Lipinski definition) is 6. The zero-order valence-corrected chi connectivity index (χ0v) is 17.3. The molecule has 2 aliphatic heterocycles. The van der Waals surface area contributed by atoms with Crippen LogP contribution in [-0.2, 0) is 11.2 Å². The standard InChI is InChI=1S/C21H33N3O4/c1-4-16-22-14(2)17(28-16)18(25)23-20(3)9-12-27-21(19(20)26)7-10-24(11-8-21)13-15-5-6-15/h15,19,26H,4-13H2,1-3H3,(H,23,25)/t19-,20+/m1/s1. The van der Waals surface area contributed by atoms with Gasteiger partial charge < -0.3 is 24.5 Å². The number of rotatable bonds is 5. The van der Waals surface area contributed by atoms with Crippen LogP contribution in [0.15, 0.2) is 4.42 Å². The Kier molecular flexibility index (Phi) is 5.27. The lowest BCUT2D eigenvalue weighted by atomic mass is 9.73. The summed E-state index contributed by atoms with van der Waals surface area (Å²) in [5.74, 6) is 1.35. The summed E-state index contributed by atoms with van der Waals surface area (Å²) in [6.45, 7) is 9.23. The maximum absolute atomic E-state index is 12.9. The van der Waals surface area contributed by atoms with Crippen LogP contribution in [0.5, 0.6) is 0 Å². The maximum Gasteiger partial charge on any atom is 0.289 e. The number of aromatic nitrogens is 1. The number of hydrogen-bond donors (Lipinski definition) is 2. The molecule has 3 fully saturated rings. The van der Waals surface area contributed by atoms with E-state index < -0.39 is 17.2 Å². The van der Waals surface area contributed by atoms with Crippen molar-refractivity contribution in [2.75, 3.05) is 26.2 Å². The van der Waals surface area contributed by atoms with Crippen LogP contribution in [-0.4, -0.2) is 64.4 Å². The zero-order valence-electron chi connectivity index (χ0n) is 17.3. The molecule has 1 spiro atoms. The average molecular weight is 392 g/mol. The Hall–Kier alpha value is -1.44. The van der Waals surface area contributed by atoms with Gasteiger partial charge >= 0.3 is 0 Å². The molecule has 7 heteroatoms. The largest absolute Gasteiger partial charge is 0.435 e. The van der Waals surface area contributed by atoms with Gasteiger partial charge in [-0.1, -0.05) is 6.92 Å². The second-order valence-corrected chi connectivity index (χ2v) is 9.06. The highest BCUT2D eigenvalue weighted by Gasteiger charge is 2.54. The van der Waals surface area contributed by atoms with E-state index in [2.05, 4.69) is 15.2 Å². The summed E-state index contributed by atoms with van der Waals surface area (Å²) in [7, 11) is 0. The van der Waals surface area contributed by atoms with Crippen LogP contribution < -0.4 is 5.32 Å². The molecule has 0 bridgehead atoms. The summed E-state index contributed by atoms with van der Waals surface area (Å²) in [5, 5.41) is 14.3. The van der Waals surface area contributed by atoms with E-state index in [1.54, 1.807) is 6.92 Å². The number of ether oxygens (including phenoxy) is 1. The van der Waals surface area contributed by atoms with Gasteiger partial charge in [0.25, 0.3) is 5.91 Å². The quantitative estimate of drug-likeness (QED) is 0.799. The van der Waals surface area contributed by atoms with Crippen LogP contribution in [0.4, 0.5) is 0 Å². The first-order valence-corrected chi connectivity index (χ1v) is 10.7. The molecule has 156 valence electrons. The highest BCUT2D eigenvalue weighted by Crippen LogP contribution is 2.41. The van der Waals surface area contributed by atoms with Crippen molar-refractivity contribution in [1.29, 1.82) is 0 Å². The monoisotopic (exact) mass is 391 g/mol. The number of likely N-dealkylation sites (tertiary alicyclic amines) is 1. The number of carbonyl (C=O) groups is 1. The molecule has 0 unspecified atom stereocenters. The molecule has 0 aromatic carbocycles. The van der Waals surface area contributed by atoms with Gasteiger partial charge in [0, 0.05) is 32.7 Å². The van der Waals surface area contributed by atoms with Crippen molar-refractivity contribution in [1.82, 2.24) is 15.2 Å². The van der Waals surface area contributed by atoms with Crippen molar-refractivity contribution in [2.24, 2.45) is 5.92 Å². The van der Waals surface area contributed by atoms with Crippen molar-refractivity contribution in [3.8, 4) is 0 Å². The molecule has 28 heavy (non-hydrogen) atoms. The minimum Gasteiger partial charge on any atom is -0.435 e. The molecule has 1 aromatic rings. The highest BCUT2D eigenvalue weighted by molar-refractivity contribution is 5.93. The highest BCUT2D eigenvalue weighted by atomic mass is 16.5. The maximum atomic E-state index is 12.9. The van der Waals surface area contributed by atoms with Crippen molar-refractivity contribution in [2.45, 2.75) is 76.5 Å². The van der Waals surface area contributed by atoms with Gasteiger partial charge in [-0.3, -0.25) is 4.79 Å². The molecular formula is C21H33N3O4. The van der Waals surface area contributed by atoms with E-state index in [0.717, 1.165) is 31.8 Å². The fourth-order valence-corrected chi connectivity index (χ4v) is 4.72. The van der Waals surface area contributed by atoms with Crippen molar-refractivity contribution in [3.63, 3.8) is 0 Å². The van der Waals surface area contributed by atoms with E-state index in [9.17, 15) is 9.90 Å². The summed E-state index contributed by atoms with van der Waals surface area (Å²) in [6, 6.07) is 0. The molecule has 1 aromatic heterocycles. The molecule has 7 nitrogen and oxygen atoms in total. The molecule has 3 aliphatic rings. The molecular weight excluding hydrogens is 358 g/mol. The number of aryl methyl sites for hydroxylation is 2. The van der Waals surface area contributed by atoms with E-state index in [4.69, 9.17) is 9.15 Å². The topological polar surface area (TPSA) is 87.8 Å². The Morgan fingerprint density at radius 1 is 1.32 bits per heavy atom. The first-order valence-electron chi connectivity index (χ1n) is 10.7. The summed E-state index contributed by atoms with van der Waals surface area (Å²) >= 11 is 0. The Morgan fingerprint density at radius 2 is 2.04 bits per heavy atom. The normalized spacial score (nSPS) is 30.5. The summed E-state index contributed by atoms with van der Waals surface area (Å²) < 4.78 is 11.8. The molecule has 0 radical (unpaired) electrons. The van der Waals surface area contributed by atoms with Crippen LogP contribution in [0, 0.1) is 12.8 Å². The van der Waals surface area contributed by atoms with E-state index in [1.165, 1.54) is 19.4 Å². The van der Waals surface area contributed by atoms with Crippen LogP contribution >= 0.6 is 0 Å². The van der Waals surface area contributed by atoms with Gasteiger partial charge in [0.05, 0.1) is 16.8 Å². The Bertz CT molecular complexity index is 721. The van der Waals surface area contributed by atoms with Crippen molar-refractivity contribution < 1.29 is 19.1 Å². The number of aliphatic hydroxyl groups excluding tert-OH is 1. The summed E-state index contributed by atoms with van der Waals surface area (Å²) in [5.41, 5.74) is -0.743. The number of oxazole rings is 1. The fraction of sp³-hybridized carbons (Fsp3) is 0.810. The number of nitrogens with zero attached hydrogens (tertiary/aromatic N) is 2. The third-order valence-electron chi connectivity index (χ3n) is 6.78. The smallest absolute Gasteiger partial charge is 0.289 e. The Morgan fingerprint density at radius 3 is 2.64 bits per heavy atom. The minimum atomic E-state index is -0.755. The van der Waals surface area contributed by atoms with E-state index >= 15 is 0 Å². The van der Waals surface area contributed by atoms with Gasteiger partial charge in [-0.25, -0.2) is 4.98 Å². The molecule has 1 saturated carbocycles. The SMILES string of the molecule is CCc1nc(C)c(C(=O)N[C@@]2(C)CCOC3(CCN(CC4CC4)CC3)[C@@H]2O)o1. The Labute approximate surface area is 166 Å². The molecule has 1 aliphatic carbocycles. The van der Waals surface area contributed by atoms with Crippen LogP contribution in [0.1, 0.15) is 68.1 Å². The number of carbonyl (C=O) groups excluding carboxylic acids is 1. The molecule has 2 N–H and O–H groups in total. The molecule has 1 amide bonds. The first-order chi connectivity index (χ1) is 13.3. The lowest BCUT2D eigenvalue weighted by molar-refractivity contribution is -0.205. The third kappa shape index (κ3) is 3.72. The van der Waals surface area contributed by atoms with Gasteiger partial charge in [0.15, 0.2) is 5.89 Å². The minimum absolute atomic E-state index is 0.241. The van der Waals surface area contributed by atoms with Gasteiger partial charge in [0.2, 0.25) is 5.76 Å². The lowest BCUT2D eigenvalue weighted by Gasteiger charge is -2.53. The van der Waals surface area contributed by atoms with Crippen LogP contribution in [0.25, 0.3) is 0 Å². The summed E-state index contributed by atoms with van der Waals surface area (Å²) in [6.07, 6.45) is 4.76. The number of amides is 1. The number of aliphatic hydroxyl groups is 1. The molecule has 3 heterocycles. The third-order valence-corrected chi connectivity index (χ3v) is 6.78. The second kappa shape index (κ2) is 7.43. The Balaban J connectivity index is 1.44. The van der Waals surface area contributed by atoms with Crippen LogP contribution in [0.2, 0.25) is 0 Å². The van der Waals surface area contributed by atoms with E-state index in [1.807, 2.05) is 13.8 Å². The van der Waals surface area contributed by atoms with Crippen LogP contribution in [0.3, 0.4) is 0 Å². The van der Waals surface area contributed by atoms with E-state index in [0.29, 0.717) is 31.0 Å². The lowest BCUT2D eigenvalue weighted by Crippen LogP contribution is -2.69. The fourth-order valence-electron chi connectivity index (χ4n) is 4.72. The summed E-state index contributed by atoms with van der Waals surface area (Å²) in [4.78, 5) is 19.6.